The highest BCUT2D eigenvalue weighted by atomic mass is 16.3. The molecule has 0 atom stereocenters. The Bertz CT molecular complexity index is 273. The average Bonchev–Trinajstić information content (AvgIpc) is 2.29. The van der Waals surface area contributed by atoms with E-state index in [1.54, 1.807) is 0 Å². The highest BCUT2D eigenvalue weighted by molar-refractivity contribution is 5.79. The van der Waals surface area contributed by atoms with Crippen LogP contribution in [0.3, 0.4) is 0 Å². The molecule has 2 fully saturated rings. The van der Waals surface area contributed by atoms with E-state index in [9.17, 15) is 9.90 Å². The summed E-state index contributed by atoms with van der Waals surface area (Å²) in [4.78, 5) is 14.2. The maximum Gasteiger partial charge on any atom is 0.225 e. The van der Waals surface area contributed by atoms with E-state index in [2.05, 4.69) is 0 Å². The van der Waals surface area contributed by atoms with Crippen LogP contribution in [0, 0.1) is 5.92 Å². The van der Waals surface area contributed by atoms with Crippen LogP contribution in [-0.2, 0) is 4.79 Å². The van der Waals surface area contributed by atoms with Gasteiger partial charge in [-0.05, 0) is 45.4 Å². The highest BCUT2D eigenvalue weighted by Gasteiger charge is 2.33. The zero-order valence-electron chi connectivity index (χ0n) is 10.7. The number of carbonyl (C=O) groups is 1. The van der Waals surface area contributed by atoms with E-state index in [1.165, 1.54) is 0 Å². The zero-order chi connectivity index (χ0) is 12.5. The van der Waals surface area contributed by atoms with E-state index in [-0.39, 0.29) is 11.8 Å². The number of likely N-dealkylation sites (tertiary alicyclic amines) is 1. The van der Waals surface area contributed by atoms with Crippen LogP contribution in [-0.4, -0.2) is 40.6 Å². The number of piperidine rings is 1. The van der Waals surface area contributed by atoms with Crippen molar-refractivity contribution in [1.82, 2.24) is 4.90 Å². The summed E-state index contributed by atoms with van der Waals surface area (Å²) in [6, 6.07) is 0.293. The van der Waals surface area contributed by atoms with E-state index >= 15 is 0 Å². The predicted molar refractivity (Wildman–Crippen MR) is 66.4 cm³/mol. The van der Waals surface area contributed by atoms with Gasteiger partial charge >= 0.3 is 0 Å². The van der Waals surface area contributed by atoms with Gasteiger partial charge in [0, 0.05) is 25.0 Å². The largest absolute Gasteiger partial charge is 0.390 e. The van der Waals surface area contributed by atoms with Crippen LogP contribution in [0.2, 0.25) is 0 Å². The summed E-state index contributed by atoms with van der Waals surface area (Å²) in [5.74, 6) is 0.463. The molecule has 0 bridgehead atoms. The summed E-state index contributed by atoms with van der Waals surface area (Å²) in [6.45, 7) is 3.26. The second-order valence-electron chi connectivity index (χ2n) is 5.93. The molecule has 1 saturated carbocycles. The number of amides is 1. The molecule has 0 radical (unpaired) electrons. The lowest BCUT2D eigenvalue weighted by molar-refractivity contribution is -0.140. The van der Waals surface area contributed by atoms with E-state index < -0.39 is 5.60 Å². The van der Waals surface area contributed by atoms with Gasteiger partial charge in [-0.2, -0.15) is 0 Å². The molecule has 0 aromatic carbocycles. The highest BCUT2D eigenvalue weighted by Crippen LogP contribution is 2.28. The summed E-state index contributed by atoms with van der Waals surface area (Å²) in [6.07, 6.45) is 5.22. The third-order valence-electron chi connectivity index (χ3n) is 4.27. The van der Waals surface area contributed by atoms with Gasteiger partial charge in [-0.15, -0.1) is 0 Å². The van der Waals surface area contributed by atoms with Gasteiger partial charge in [0.05, 0.1) is 5.60 Å². The Hall–Kier alpha value is -0.610. The van der Waals surface area contributed by atoms with Gasteiger partial charge in [0.2, 0.25) is 5.91 Å². The van der Waals surface area contributed by atoms with Crippen LogP contribution in [0.5, 0.6) is 0 Å². The van der Waals surface area contributed by atoms with Gasteiger partial charge in [-0.25, -0.2) is 0 Å². The Morgan fingerprint density at radius 1 is 1.24 bits per heavy atom. The summed E-state index contributed by atoms with van der Waals surface area (Å²) in [5, 5.41) is 9.86. The minimum Gasteiger partial charge on any atom is -0.390 e. The Balaban J connectivity index is 1.84. The van der Waals surface area contributed by atoms with Crippen molar-refractivity contribution >= 4 is 5.91 Å². The second-order valence-corrected chi connectivity index (χ2v) is 5.93. The lowest BCUT2D eigenvalue weighted by atomic mass is 9.84. The molecule has 2 aliphatic rings. The zero-order valence-corrected chi connectivity index (χ0v) is 10.7. The van der Waals surface area contributed by atoms with E-state index in [0.29, 0.717) is 32.0 Å². The van der Waals surface area contributed by atoms with Crippen molar-refractivity contribution in [3.8, 4) is 0 Å². The smallest absolute Gasteiger partial charge is 0.225 e. The molecule has 17 heavy (non-hydrogen) atoms. The van der Waals surface area contributed by atoms with Crippen molar-refractivity contribution in [1.29, 1.82) is 0 Å². The van der Waals surface area contributed by atoms with Crippen molar-refractivity contribution in [2.24, 2.45) is 11.7 Å². The first-order valence-electron chi connectivity index (χ1n) is 6.75. The molecule has 3 N–H and O–H groups in total. The Labute approximate surface area is 103 Å². The van der Waals surface area contributed by atoms with Crippen LogP contribution in [0.4, 0.5) is 0 Å². The molecule has 2 rings (SSSR count). The summed E-state index contributed by atoms with van der Waals surface area (Å²) in [5.41, 5.74) is 5.28. The second kappa shape index (κ2) is 4.94. The quantitative estimate of drug-likeness (QED) is 0.715. The summed E-state index contributed by atoms with van der Waals surface area (Å²) < 4.78 is 0. The molecule has 0 aromatic heterocycles. The molecule has 4 heteroatoms. The van der Waals surface area contributed by atoms with Crippen molar-refractivity contribution in [2.45, 2.75) is 57.1 Å². The normalized spacial score (nSPS) is 33.5. The van der Waals surface area contributed by atoms with E-state index in [4.69, 9.17) is 5.73 Å². The lowest BCUT2D eigenvalue weighted by Gasteiger charge is -2.38. The van der Waals surface area contributed by atoms with Crippen molar-refractivity contribution in [3.63, 3.8) is 0 Å². The molecule has 0 spiro atoms. The molecule has 1 aliphatic heterocycles. The molecule has 0 aromatic rings. The van der Waals surface area contributed by atoms with E-state index in [0.717, 1.165) is 25.7 Å². The fourth-order valence-electron chi connectivity index (χ4n) is 2.83. The van der Waals surface area contributed by atoms with Crippen LogP contribution in [0.1, 0.15) is 45.4 Å². The molecule has 1 aliphatic carbocycles. The van der Waals surface area contributed by atoms with Crippen LogP contribution >= 0.6 is 0 Å². The van der Waals surface area contributed by atoms with E-state index in [1.807, 2.05) is 11.8 Å². The van der Waals surface area contributed by atoms with Crippen molar-refractivity contribution in [2.75, 3.05) is 13.1 Å². The Morgan fingerprint density at radius 2 is 1.76 bits per heavy atom. The van der Waals surface area contributed by atoms with Crippen LogP contribution < -0.4 is 5.73 Å². The lowest BCUT2D eigenvalue weighted by Crippen LogP contribution is -2.47. The molecule has 4 nitrogen and oxygen atoms in total. The van der Waals surface area contributed by atoms with Crippen molar-refractivity contribution in [3.05, 3.63) is 0 Å². The first-order chi connectivity index (χ1) is 7.98. The number of hydrogen-bond acceptors (Lipinski definition) is 3. The molecule has 0 unspecified atom stereocenters. The van der Waals surface area contributed by atoms with Gasteiger partial charge in [-0.1, -0.05) is 0 Å². The maximum atomic E-state index is 12.3. The maximum absolute atomic E-state index is 12.3. The molecular weight excluding hydrogens is 216 g/mol. The topological polar surface area (TPSA) is 66.6 Å². The fraction of sp³-hybridized carbons (Fsp3) is 0.923. The average molecular weight is 240 g/mol. The number of aliphatic hydroxyl groups is 1. The third kappa shape index (κ3) is 3.19. The minimum atomic E-state index is -0.578. The third-order valence-corrected chi connectivity index (χ3v) is 4.27. The van der Waals surface area contributed by atoms with Gasteiger partial charge in [-0.3, -0.25) is 4.79 Å². The molecule has 98 valence electrons. The number of rotatable bonds is 1. The number of nitrogens with zero attached hydrogens (tertiary/aromatic N) is 1. The SMILES string of the molecule is CC1(O)CCN(C(=O)C2CCC(N)CC2)CC1. The summed E-state index contributed by atoms with van der Waals surface area (Å²) >= 11 is 0. The monoisotopic (exact) mass is 240 g/mol. The molecular formula is C13H24N2O2. The standard InChI is InChI=1S/C13H24N2O2/c1-13(17)6-8-15(9-7-13)12(16)10-2-4-11(14)5-3-10/h10-11,17H,2-9,14H2,1H3. The van der Waals surface area contributed by atoms with Gasteiger partial charge in [0.1, 0.15) is 0 Å². The number of hydrogen-bond donors (Lipinski definition) is 2. The van der Waals surface area contributed by atoms with Crippen LogP contribution in [0.15, 0.2) is 0 Å². The number of nitrogens with two attached hydrogens (primary N) is 1. The number of carbonyl (C=O) groups excluding carboxylic acids is 1. The molecule has 1 saturated heterocycles. The molecule has 1 amide bonds. The Morgan fingerprint density at radius 3 is 2.29 bits per heavy atom. The first-order valence-corrected chi connectivity index (χ1v) is 6.75. The Kier molecular flexibility index (Phi) is 3.73. The van der Waals surface area contributed by atoms with Gasteiger partial charge in [0.15, 0.2) is 0 Å². The van der Waals surface area contributed by atoms with Crippen LogP contribution in [0.25, 0.3) is 0 Å². The summed E-state index contributed by atoms with van der Waals surface area (Å²) in [7, 11) is 0. The van der Waals surface area contributed by atoms with Crippen molar-refractivity contribution < 1.29 is 9.90 Å². The van der Waals surface area contributed by atoms with Gasteiger partial charge < -0.3 is 15.7 Å². The van der Waals surface area contributed by atoms with Gasteiger partial charge in [0.25, 0.3) is 0 Å². The predicted octanol–water partition coefficient (Wildman–Crippen LogP) is 0.877. The fourth-order valence-corrected chi connectivity index (χ4v) is 2.83. The molecule has 1 heterocycles. The first kappa shape index (κ1) is 12.8. The minimum absolute atomic E-state index is 0.179.